The van der Waals surface area contributed by atoms with Crippen molar-refractivity contribution in [2.45, 2.75) is 53.5 Å². The van der Waals surface area contributed by atoms with Crippen molar-refractivity contribution in [3.63, 3.8) is 0 Å². The van der Waals surface area contributed by atoms with E-state index in [1.807, 2.05) is 0 Å². The van der Waals surface area contributed by atoms with Gasteiger partial charge in [-0.25, -0.2) is 0 Å². The molecule has 0 bridgehead atoms. The van der Waals surface area contributed by atoms with Crippen molar-refractivity contribution in [2.75, 3.05) is 19.6 Å². The Labute approximate surface area is 96.2 Å². The van der Waals surface area contributed by atoms with E-state index in [0.29, 0.717) is 6.04 Å². The van der Waals surface area contributed by atoms with E-state index in [0.717, 1.165) is 24.8 Å². The number of hydrogen-bond acceptors (Lipinski definition) is 2. The lowest BCUT2D eigenvalue weighted by Crippen LogP contribution is -2.41. The van der Waals surface area contributed by atoms with Crippen LogP contribution in [-0.2, 0) is 0 Å². The lowest BCUT2D eigenvalue weighted by atomic mass is 10.0. The number of nitrogens with zero attached hydrogens (tertiary/aromatic N) is 1. The topological polar surface area (TPSA) is 29.3 Å². The second-order valence-corrected chi connectivity index (χ2v) is 5.38. The van der Waals surface area contributed by atoms with Crippen LogP contribution in [0.1, 0.15) is 47.5 Å². The van der Waals surface area contributed by atoms with Crippen molar-refractivity contribution in [1.82, 2.24) is 4.90 Å². The molecule has 0 aromatic carbocycles. The number of rotatable bonds is 8. The zero-order chi connectivity index (χ0) is 11.8. The average molecular weight is 214 g/mol. The van der Waals surface area contributed by atoms with E-state index in [9.17, 15) is 0 Å². The minimum absolute atomic E-state index is 0.680. The minimum Gasteiger partial charge on any atom is -0.330 e. The van der Waals surface area contributed by atoms with Gasteiger partial charge >= 0.3 is 0 Å². The van der Waals surface area contributed by atoms with Gasteiger partial charge in [0, 0.05) is 19.1 Å². The van der Waals surface area contributed by atoms with E-state index >= 15 is 0 Å². The molecule has 0 fully saturated rings. The molecule has 1 atom stereocenters. The first-order chi connectivity index (χ1) is 7.01. The molecule has 0 aromatic rings. The van der Waals surface area contributed by atoms with E-state index in [-0.39, 0.29) is 0 Å². The molecule has 0 aromatic heterocycles. The molecule has 0 amide bonds. The maximum absolute atomic E-state index is 5.68. The van der Waals surface area contributed by atoms with E-state index in [4.69, 9.17) is 5.73 Å². The first-order valence-electron chi connectivity index (χ1n) is 6.45. The minimum atomic E-state index is 0.680. The lowest BCUT2D eigenvalue weighted by molar-refractivity contribution is 0.146. The lowest BCUT2D eigenvalue weighted by Gasteiger charge is -2.33. The second kappa shape index (κ2) is 8.12. The van der Waals surface area contributed by atoms with Crippen LogP contribution < -0.4 is 5.73 Å². The molecule has 0 rings (SSSR count). The Bertz CT molecular complexity index is 133. The summed E-state index contributed by atoms with van der Waals surface area (Å²) in [4.78, 5) is 2.63. The van der Waals surface area contributed by atoms with Crippen LogP contribution >= 0.6 is 0 Å². The van der Waals surface area contributed by atoms with Crippen molar-refractivity contribution in [1.29, 1.82) is 0 Å². The molecule has 0 saturated heterocycles. The Kier molecular flexibility index (Phi) is 8.07. The first kappa shape index (κ1) is 14.9. The molecular formula is C13H30N2. The first-order valence-corrected chi connectivity index (χ1v) is 6.45. The van der Waals surface area contributed by atoms with Gasteiger partial charge in [-0.3, -0.25) is 4.90 Å². The zero-order valence-corrected chi connectivity index (χ0v) is 11.3. The van der Waals surface area contributed by atoms with Gasteiger partial charge in [-0.1, -0.05) is 34.6 Å². The zero-order valence-electron chi connectivity index (χ0n) is 11.3. The molecule has 2 heteroatoms. The molecule has 0 heterocycles. The van der Waals surface area contributed by atoms with Crippen molar-refractivity contribution in [3.05, 3.63) is 0 Å². The fourth-order valence-electron chi connectivity index (χ4n) is 2.15. The largest absolute Gasteiger partial charge is 0.330 e. The fraction of sp³-hybridized carbons (Fsp3) is 1.00. The molecule has 0 spiro atoms. The van der Waals surface area contributed by atoms with Gasteiger partial charge in [-0.15, -0.1) is 0 Å². The summed E-state index contributed by atoms with van der Waals surface area (Å²) in [5.74, 6) is 1.49. The van der Waals surface area contributed by atoms with Gasteiger partial charge in [0.05, 0.1) is 0 Å². The quantitative estimate of drug-likeness (QED) is 0.673. The molecule has 2 nitrogen and oxygen atoms in total. The molecule has 1 unspecified atom stereocenters. The van der Waals surface area contributed by atoms with Crippen LogP contribution in [0.25, 0.3) is 0 Å². The molecule has 0 aliphatic heterocycles. The third-order valence-corrected chi connectivity index (χ3v) is 2.69. The smallest absolute Gasteiger partial charge is 0.0105 e. The third kappa shape index (κ3) is 6.91. The van der Waals surface area contributed by atoms with Gasteiger partial charge < -0.3 is 5.73 Å². The van der Waals surface area contributed by atoms with Crippen molar-refractivity contribution >= 4 is 0 Å². The highest BCUT2D eigenvalue weighted by Gasteiger charge is 2.17. The Morgan fingerprint density at radius 1 is 1.00 bits per heavy atom. The second-order valence-electron chi connectivity index (χ2n) is 5.38. The fourth-order valence-corrected chi connectivity index (χ4v) is 2.15. The predicted octanol–water partition coefficient (Wildman–Crippen LogP) is 2.73. The molecule has 0 radical (unpaired) electrons. The van der Waals surface area contributed by atoms with Crippen LogP contribution in [0.5, 0.6) is 0 Å². The summed E-state index contributed by atoms with van der Waals surface area (Å²) in [6.07, 6.45) is 2.35. The number of hydrogen-bond donors (Lipinski definition) is 1. The molecule has 0 aliphatic carbocycles. The highest BCUT2D eigenvalue weighted by Crippen LogP contribution is 2.13. The highest BCUT2D eigenvalue weighted by molar-refractivity contribution is 4.73. The van der Waals surface area contributed by atoms with E-state index in [1.54, 1.807) is 0 Å². The summed E-state index contributed by atoms with van der Waals surface area (Å²) in [6.45, 7) is 14.7. The SMILES string of the molecule is CCC(CCN)N(CC(C)C)CC(C)C. The Morgan fingerprint density at radius 3 is 1.73 bits per heavy atom. The van der Waals surface area contributed by atoms with Gasteiger partial charge in [0.1, 0.15) is 0 Å². The van der Waals surface area contributed by atoms with Crippen LogP contribution in [0, 0.1) is 11.8 Å². The predicted molar refractivity (Wildman–Crippen MR) is 69.0 cm³/mol. The van der Waals surface area contributed by atoms with Gasteiger partial charge in [0.25, 0.3) is 0 Å². The van der Waals surface area contributed by atoms with Crippen LogP contribution in [0.2, 0.25) is 0 Å². The third-order valence-electron chi connectivity index (χ3n) is 2.69. The summed E-state index contributed by atoms with van der Waals surface area (Å²) in [5, 5.41) is 0. The van der Waals surface area contributed by atoms with Gasteiger partial charge in [0.2, 0.25) is 0 Å². The van der Waals surface area contributed by atoms with Crippen LogP contribution in [0.4, 0.5) is 0 Å². The molecule has 15 heavy (non-hydrogen) atoms. The van der Waals surface area contributed by atoms with Crippen molar-refractivity contribution < 1.29 is 0 Å². The van der Waals surface area contributed by atoms with E-state index in [2.05, 4.69) is 39.5 Å². The molecule has 92 valence electrons. The van der Waals surface area contributed by atoms with E-state index in [1.165, 1.54) is 19.5 Å². The Morgan fingerprint density at radius 2 is 1.47 bits per heavy atom. The standard InChI is InChI=1S/C13H30N2/c1-6-13(7-8-14)15(9-11(2)3)10-12(4)5/h11-13H,6-10,14H2,1-5H3. The molecule has 0 aliphatic rings. The summed E-state index contributed by atoms with van der Waals surface area (Å²) >= 11 is 0. The van der Waals surface area contributed by atoms with Gasteiger partial charge in [-0.2, -0.15) is 0 Å². The van der Waals surface area contributed by atoms with Crippen molar-refractivity contribution in [3.8, 4) is 0 Å². The van der Waals surface area contributed by atoms with E-state index < -0.39 is 0 Å². The molecule has 0 saturated carbocycles. The van der Waals surface area contributed by atoms with Gasteiger partial charge in [-0.05, 0) is 31.2 Å². The van der Waals surface area contributed by atoms with Crippen LogP contribution in [0.15, 0.2) is 0 Å². The summed E-state index contributed by atoms with van der Waals surface area (Å²) in [7, 11) is 0. The average Bonchev–Trinajstić information content (AvgIpc) is 2.11. The normalized spacial score (nSPS) is 14.2. The number of nitrogens with two attached hydrogens (primary N) is 1. The molecule has 2 N–H and O–H groups in total. The monoisotopic (exact) mass is 214 g/mol. The Hall–Kier alpha value is -0.0800. The summed E-state index contributed by atoms with van der Waals surface area (Å²) < 4.78 is 0. The Balaban J connectivity index is 4.28. The maximum atomic E-state index is 5.68. The highest BCUT2D eigenvalue weighted by atomic mass is 15.2. The van der Waals surface area contributed by atoms with Crippen LogP contribution in [0.3, 0.4) is 0 Å². The summed E-state index contributed by atoms with van der Waals surface area (Å²) in [6, 6.07) is 0.680. The van der Waals surface area contributed by atoms with Crippen LogP contribution in [-0.4, -0.2) is 30.6 Å². The maximum Gasteiger partial charge on any atom is 0.0105 e. The van der Waals surface area contributed by atoms with Crippen molar-refractivity contribution in [2.24, 2.45) is 17.6 Å². The van der Waals surface area contributed by atoms with Gasteiger partial charge in [0.15, 0.2) is 0 Å². The molecular weight excluding hydrogens is 184 g/mol. The summed E-state index contributed by atoms with van der Waals surface area (Å²) in [5.41, 5.74) is 5.68.